The zero-order chi connectivity index (χ0) is 18.7. The molecule has 0 spiro atoms. The summed E-state index contributed by atoms with van der Waals surface area (Å²) in [6.45, 7) is 0. The summed E-state index contributed by atoms with van der Waals surface area (Å²) in [5, 5.41) is 4.71. The summed E-state index contributed by atoms with van der Waals surface area (Å²) in [7, 11) is 0. The van der Waals surface area contributed by atoms with E-state index in [1.807, 2.05) is 29.0 Å². The molecule has 1 atom stereocenters. The third-order valence-electron chi connectivity index (χ3n) is 3.26. The Hall–Kier alpha value is -2.14. The van der Waals surface area contributed by atoms with Gasteiger partial charge >= 0.3 is 0 Å². The van der Waals surface area contributed by atoms with E-state index in [2.05, 4.69) is 26.2 Å². The van der Waals surface area contributed by atoms with E-state index in [0.29, 0.717) is 10.8 Å². The minimum Gasteiger partial charge on any atom is -0.755 e. The second-order valence-electron chi connectivity index (χ2n) is 5.03. The maximum atomic E-state index is 13.3. The number of benzene rings is 2. The third-order valence-corrected chi connectivity index (χ3v) is 4.90. The van der Waals surface area contributed by atoms with Gasteiger partial charge in [0.15, 0.2) is 5.13 Å². The van der Waals surface area contributed by atoms with Gasteiger partial charge in [-0.2, -0.15) is 0 Å². The Labute approximate surface area is 163 Å². The van der Waals surface area contributed by atoms with Crippen molar-refractivity contribution in [2.75, 3.05) is 10.0 Å². The monoisotopic (exact) mass is 454 g/mol. The van der Waals surface area contributed by atoms with Crippen LogP contribution in [-0.4, -0.2) is 19.7 Å². The van der Waals surface area contributed by atoms with Gasteiger partial charge in [0, 0.05) is 26.7 Å². The number of anilines is 2. The van der Waals surface area contributed by atoms with Crippen LogP contribution in [0.25, 0.3) is 11.3 Å². The number of thiazole rings is 1. The molecule has 0 bridgehead atoms. The highest BCUT2D eigenvalue weighted by Crippen LogP contribution is 2.27. The van der Waals surface area contributed by atoms with E-state index in [9.17, 15) is 17.9 Å². The van der Waals surface area contributed by atoms with Crippen LogP contribution >= 0.6 is 27.3 Å². The minimum atomic E-state index is -2.69. The van der Waals surface area contributed by atoms with Gasteiger partial charge in [0.1, 0.15) is 5.82 Å². The molecule has 1 heterocycles. The fraction of sp³-hybridized carbons (Fsp3) is 0. The van der Waals surface area contributed by atoms with E-state index in [-0.39, 0.29) is 11.3 Å². The predicted molar refractivity (Wildman–Crippen MR) is 102 cm³/mol. The number of carbonyl (C=O) groups is 1. The molecule has 6 nitrogen and oxygen atoms in total. The highest BCUT2D eigenvalue weighted by atomic mass is 79.9. The Bertz CT molecular complexity index is 996. The van der Waals surface area contributed by atoms with E-state index in [4.69, 9.17) is 0 Å². The van der Waals surface area contributed by atoms with Crippen LogP contribution in [0.3, 0.4) is 0 Å². The number of amides is 1. The molecule has 1 amide bonds. The molecule has 1 aromatic heterocycles. The first kappa shape index (κ1) is 18.6. The number of carbonyl (C=O) groups excluding carboxylic acids is 1. The Morgan fingerprint density at radius 3 is 2.81 bits per heavy atom. The van der Waals surface area contributed by atoms with E-state index >= 15 is 0 Å². The first-order valence-corrected chi connectivity index (χ1v) is 9.85. The van der Waals surface area contributed by atoms with Crippen LogP contribution in [0.4, 0.5) is 15.2 Å². The molecule has 3 aromatic rings. The van der Waals surface area contributed by atoms with Gasteiger partial charge < -0.3 is 9.27 Å². The number of rotatable bonds is 5. The smallest absolute Gasteiger partial charge is 0.259 e. The fourth-order valence-corrected chi connectivity index (χ4v) is 3.63. The van der Waals surface area contributed by atoms with Gasteiger partial charge in [-0.25, -0.2) is 9.37 Å². The molecule has 0 radical (unpaired) electrons. The van der Waals surface area contributed by atoms with E-state index in [0.717, 1.165) is 22.2 Å². The first-order chi connectivity index (χ1) is 12.4. The molecule has 134 valence electrons. The normalized spacial score (nSPS) is 11.8. The predicted octanol–water partition coefficient (Wildman–Crippen LogP) is 4.17. The molecular weight excluding hydrogens is 445 g/mol. The molecule has 0 aliphatic rings. The van der Waals surface area contributed by atoms with Crippen LogP contribution in [-0.2, 0) is 11.3 Å². The fourth-order valence-electron chi connectivity index (χ4n) is 2.16. The van der Waals surface area contributed by atoms with E-state index < -0.39 is 23.0 Å². The van der Waals surface area contributed by atoms with Gasteiger partial charge in [-0.05, 0) is 30.3 Å². The first-order valence-electron chi connectivity index (χ1n) is 7.10. The third kappa shape index (κ3) is 4.52. The lowest BCUT2D eigenvalue weighted by atomic mass is 10.1. The van der Waals surface area contributed by atoms with E-state index in [1.54, 1.807) is 5.38 Å². The lowest BCUT2D eigenvalue weighted by molar-refractivity contribution is 0.102. The number of nitrogens with one attached hydrogen (secondary N) is 2. The van der Waals surface area contributed by atoms with Crippen LogP contribution in [0.2, 0.25) is 0 Å². The zero-order valence-corrected chi connectivity index (χ0v) is 16.1. The highest BCUT2D eigenvalue weighted by molar-refractivity contribution is 9.10. The van der Waals surface area contributed by atoms with Crippen LogP contribution in [0, 0.1) is 5.82 Å². The summed E-state index contributed by atoms with van der Waals surface area (Å²) in [5.41, 5.74) is 1.39. The van der Waals surface area contributed by atoms with Gasteiger partial charge in [0.05, 0.1) is 16.9 Å². The molecular formula is C16H10BrFN3O3S2-. The highest BCUT2D eigenvalue weighted by Gasteiger charge is 2.15. The second-order valence-corrected chi connectivity index (χ2v) is 7.48. The quantitative estimate of drug-likeness (QED) is 0.565. The van der Waals surface area contributed by atoms with Crippen molar-refractivity contribution in [2.45, 2.75) is 0 Å². The van der Waals surface area contributed by atoms with Crippen LogP contribution in [0.5, 0.6) is 0 Å². The van der Waals surface area contributed by atoms with E-state index in [1.165, 1.54) is 17.4 Å². The lowest BCUT2D eigenvalue weighted by Crippen LogP contribution is -2.15. The van der Waals surface area contributed by atoms with Gasteiger partial charge in [0.25, 0.3) is 5.91 Å². The molecule has 1 unspecified atom stereocenters. The molecule has 0 aliphatic heterocycles. The van der Waals surface area contributed by atoms with Crippen LogP contribution in [0.1, 0.15) is 10.4 Å². The zero-order valence-electron chi connectivity index (χ0n) is 12.9. The maximum absolute atomic E-state index is 13.3. The van der Waals surface area contributed by atoms with Gasteiger partial charge in [0.2, 0.25) is 0 Å². The number of nitrogens with zero attached hydrogens (tertiary/aromatic N) is 1. The second kappa shape index (κ2) is 8.04. The van der Waals surface area contributed by atoms with Crippen molar-refractivity contribution < 1.29 is 17.9 Å². The van der Waals surface area contributed by atoms with Crippen molar-refractivity contribution in [3.63, 3.8) is 0 Å². The summed E-state index contributed by atoms with van der Waals surface area (Å²) in [6.07, 6.45) is 0. The molecule has 10 heteroatoms. The lowest BCUT2D eigenvalue weighted by Gasteiger charge is -2.13. The van der Waals surface area contributed by atoms with Crippen molar-refractivity contribution >= 4 is 55.3 Å². The molecule has 2 N–H and O–H groups in total. The largest absolute Gasteiger partial charge is 0.755 e. The molecule has 2 aromatic carbocycles. The maximum Gasteiger partial charge on any atom is 0.259 e. The molecule has 0 aliphatic carbocycles. The number of aromatic nitrogens is 1. The molecule has 0 saturated heterocycles. The Balaban J connectivity index is 1.82. The van der Waals surface area contributed by atoms with Crippen LogP contribution in [0.15, 0.2) is 52.3 Å². The Morgan fingerprint density at radius 1 is 1.27 bits per heavy atom. The van der Waals surface area contributed by atoms with Crippen molar-refractivity contribution in [3.05, 3.63) is 63.7 Å². The number of halogens is 2. The summed E-state index contributed by atoms with van der Waals surface area (Å²) >= 11 is 1.92. The van der Waals surface area contributed by atoms with Crippen molar-refractivity contribution in [1.82, 2.24) is 4.98 Å². The Kier molecular flexibility index (Phi) is 5.77. The minimum absolute atomic E-state index is 0.0187. The summed E-state index contributed by atoms with van der Waals surface area (Å²) in [4.78, 5) is 16.8. The van der Waals surface area contributed by atoms with Crippen LogP contribution < -0.4 is 10.0 Å². The average Bonchev–Trinajstić information content (AvgIpc) is 3.03. The molecule has 3 rings (SSSR count). The van der Waals surface area contributed by atoms with Crippen molar-refractivity contribution in [2.24, 2.45) is 0 Å². The van der Waals surface area contributed by atoms with Crippen molar-refractivity contribution in [1.29, 1.82) is 0 Å². The standard InChI is InChI=1S/C16H11BrFN3O3S2/c17-10-3-1-2-9(6-10)14-8-25-16(19-14)20-15(22)12-5-4-11(18)7-13(12)21-26(23)24/h1-8,21H,(H,23,24)(H,19,20,22)/p-1. The molecule has 26 heavy (non-hydrogen) atoms. The van der Waals surface area contributed by atoms with Gasteiger partial charge in [-0.15, -0.1) is 11.3 Å². The summed E-state index contributed by atoms with van der Waals surface area (Å²) in [6, 6.07) is 10.7. The molecule has 0 fully saturated rings. The SMILES string of the molecule is O=C(Nc1nc(-c2cccc(Br)c2)cs1)c1ccc(F)cc1NS(=O)[O-]. The Morgan fingerprint density at radius 2 is 2.08 bits per heavy atom. The summed E-state index contributed by atoms with van der Waals surface area (Å²) < 4.78 is 37.9. The number of hydrogen-bond acceptors (Lipinski definition) is 5. The topological polar surface area (TPSA) is 94.2 Å². The number of hydrogen-bond donors (Lipinski definition) is 2. The van der Waals surface area contributed by atoms with Gasteiger partial charge in [-0.1, -0.05) is 28.1 Å². The van der Waals surface area contributed by atoms with Gasteiger partial charge in [-0.3, -0.25) is 14.3 Å². The molecule has 0 saturated carbocycles. The average molecular weight is 455 g/mol. The summed E-state index contributed by atoms with van der Waals surface area (Å²) in [5.74, 6) is -1.27. The van der Waals surface area contributed by atoms with Crippen molar-refractivity contribution in [3.8, 4) is 11.3 Å².